The van der Waals surface area contributed by atoms with Gasteiger partial charge in [0.25, 0.3) is 5.91 Å². The van der Waals surface area contributed by atoms with Crippen LogP contribution in [0.2, 0.25) is 0 Å². The van der Waals surface area contributed by atoms with Crippen molar-refractivity contribution in [3.8, 4) is 0 Å². The number of fused-ring (bicyclic) bond motifs is 1. The highest BCUT2D eigenvalue weighted by molar-refractivity contribution is 5.93. The predicted octanol–water partition coefficient (Wildman–Crippen LogP) is 1.15. The van der Waals surface area contributed by atoms with Crippen LogP contribution in [0.5, 0.6) is 0 Å². The molecule has 2 aliphatic rings. The number of carbonyl (C=O) groups is 1. The molecule has 3 rings (SSSR count). The zero-order chi connectivity index (χ0) is 12.8. The summed E-state index contributed by atoms with van der Waals surface area (Å²) in [7, 11) is 0. The fourth-order valence-electron chi connectivity index (χ4n) is 3.39. The molecule has 4 nitrogen and oxygen atoms in total. The number of aromatic nitrogens is 1. The Hall–Kier alpha value is -1.42. The molecule has 1 aromatic heterocycles. The van der Waals surface area contributed by atoms with Gasteiger partial charge in [-0.25, -0.2) is 0 Å². The van der Waals surface area contributed by atoms with Crippen LogP contribution < -0.4 is 5.32 Å². The monoisotopic (exact) mass is 245 g/mol. The third-order valence-electron chi connectivity index (χ3n) is 4.49. The minimum absolute atomic E-state index is 0.0648. The van der Waals surface area contributed by atoms with E-state index in [2.05, 4.69) is 24.1 Å². The molecule has 2 fully saturated rings. The van der Waals surface area contributed by atoms with Gasteiger partial charge in [-0.05, 0) is 37.8 Å². The van der Waals surface area contributed by atoms with Crippen LogP contribution in [0, 0.1) is 11.8 Å². The fourth-order valence-corrected chi connectivity index (χ4v) is 3.39. The Morgan fingerprint density at radius 3 is 2.94 bits per heavy atom. The van der Waals surface area contributed by atoms with Gasteiger partial charge in [0, 0.05) is 31.4 Å². The Labute approximate surface area is 107 Å². The van der Waals surface area contributed by atoms with Gasteiger partial charge in [-0.3, -0.25) is 9.78 Å². The highest BCUT2D eigenvalue weighted by Gasteiger charge is 2.51. The maximum absolute atomic E-state index is 12.5. The lowest BCUT2D eigenvalue weighted by Gasteiger charge is -2.35. The van der Waals surface area contributed by atoms with E-state index in [1.165, 1.54) is 0 Å². The standard InChI is InChI=1S/C14H19N3O/c1-14(2)11-8-15-7-10(11)9-17(14)13(18)12-5-3-4-6-16-12/h3-6,10-11,15H,7-9H2,1-2H3. The van der Waals surface area contributed by atoms with E-state index in [1.807, 2.05) is 17.0 Å². The Kier molecular flexibility index (Phi) is 2.63. The van der Waals surface area contributed by atoms with Crippen LogP contribution in [0.4, 0.5) is 0 Å². The molecule has 18 heavy (non-hydrogen) atoms. The number of hydrogen-bond acceptors (Lipinski definition) is 3. The third-order valence-corrected chi connectivity index (χ3v) is 4.49. The van der Waals surface area contributed by atoms with Crippen LogP contribution in [0.1, 0.15) is 24.3 Å². The number of carbonyl (C=O) groups excluding carboxylic acids is 1. The van der Waals surface area contributed by atoms with Crippen molar-refractivity contribution < 1.29 is 4.79 Å². The van der Waals surface area contributed by atoms with Gasteiger partial charge in [-0.1, -0.05) is 6.07 Å². The van der Waals surface area contributed by atoms with Crippen LogP contribution in [0.3, 0.4) is 0 Å². The normalized spacial score (nSPS) is 29.3. The molecule has 0 bridgehead atoms. The molecule has 96 valence electrons. The molecule has 0 spiro atoms. The van der Waals surface area contributed by atoms with Crippen LogP contribution >= 0.6 is 0 Å². The summed E-state index contributed by atoms with van der Waals surface area (Å²) in [5.74, 6) is 1.22. The second-order valence-corrected chi connectivity index (χ2v) is 5.81. The second-order valence-electron chi connectivity index (χ2n) is 5.81. The van der Waals surface area contributed by atoms with Crippen molar-refractivity contribution >= 4 is 5.91 Å². The fraction of sp³-hybridized carbons (Fsp3) is 0.571. The molecule has 3 heterocycles. The number of likely N-dealkylation sites (tertiary alicyclic amines) is 1. The highest BCUT2D eigenvalue weighted by Crippen LogP contribution is 2.41. The number of hydrogen-bond donors (Lipinski definition) is 1. The lowest BCUT2D eigenvalue weighted by atomic mass is 9.85. The summed E-state index contributed by atoms with van der Waals surface area (Å²) in [6.07, 6.45) is 1.68. The van der Waals surface area contributed by atoms with Gasteiger partial charge < -0.3 is 10.2 Å². The summed E-state index contributed by atoms with van der Waals surface area (Å²) >= 11 is 0. The van der Waals surface area contributed by atoms with E-state index in [-0.39, 0.29) is 11.4 Å². The van der Waals surface area contributed by atoms with Crippen LogP contribution in [-0.2, 0) is 0 Å². The van der Waals surface area contributed by atoms with E-state index in [1.54, 1.807) is 12.3 Å². The van der Waals surface area contributed by atoms with Crippen molar-refractivity contribution in [2.24, 2.45) is 11.8 Å². The second kappa shape index (κ2) is 4.05. The topological polar surface area (TPSA) is 45.2 Å². The van der Waals surface area contributed by atoms with Crippen LogP contribution in [-0.4, -0.2) is 41.0 Å². The molecule has 2 atom stereocenters. The number of nitrogens with zero attached hydrogens (tertiary/aromatic N) is 2. The molecule has 1 N–H and O–H groups in total. The summed E-state index contributed by atoms with van der Waals surface area (Å²) in [5.41, 5.74) is 0.474. The Morgan fingerprint density at radius 2 is 2.28 bits per heavy atom. The first-order chi connectivity index (χ1) is 8.60. The molecule has 0 radical (unpaired) electrons. The maximum Gasteiger partial charge on any atom is 0.272 e. The number of pyridine rings is 1. The molecular formula is C14H19N3O. The van der Waals surface area contributed by atoms with Gasteiger partial charge in [0.15, 0.2) is 0 Å². The molecule has 2 unspecified atom stereocenters. The zero-order valence-electron chi connectivity index (χ0n) is 10.9. The summed E-state index contributed by atoms with van der Waals surface area (Å²) in [5, 5.41) is 3.43. The van der Waals surface area contributed by atoms with Crippen LogP contribution in [0.15, 0.2) is 24.4 Å². The van der Waals surface area contributed by atoms with Crippen molar-refractivity contribution in [2.75, 3.05) is 19.6 Å². The SMILES string of the molecule is CC1(C)C2CNCC2CN1C(=O)c1ccccn1. The van der Waals surface area contributed by atoms with E-state index < -0.39 is 0 Å². The zero-order valence-corrected chi connectivity index (χ0v) is 10.9. The Morgan fingerprint density at radius 1 is 1.44 bits per heavy atom. The first kappa shape index (κ1) is 11.7. The number of amides is 1. The number of nitrogens with one attached hydrogen (secondary N) is 1. The minimum Gasteiger partial charge on any atom is -0.332 e. The Balaban J connectivity index is 1.87. The summed E-state index contributed by atoms with van der Waals surface area (Å²) in [4.78, 5) is 18.7. The largest absolute Gasteiger partial charge is 0.332 e. The summed E-state index contributed by atoms with van der Waals surface area (Å²) in [6, 6.07) is 5.50. The molecule has 0 aliphatic carbocycles. The highest BCUT2D eigenvalue weighted by atomic mass is 16.2. The van der Waals surface area contributed by atoms with Gasteiger partial charge in [-0.2, -0.15) is 0 Å². The lowest BCUT2D eigenvalue weighted by molar-refractivity contribution is 0.0597. The maximum atomic E-state index is 12.5. The Bertz CT molecular complexity index is 457. The van der Waals surface area contributed by atoms with Gasteiger partial charge in [0.2, 0.25) is 0 Å². The van der Waals surface area contributed by atoms with E-state index in [4.69, 9.17) is 0 Å². The van der Waals surface area contributed by atoms with Gasteiger partial charge in [0.1, 0.15) is 5.69 Å². The van der Waals surface area contributed by atoms with Crippen molar-refractivity contribution in [3.05, 3.63) is 30.1 Å². The first-order valence-electron chi connectivity index (χ1n) is 6.54. The molecule has 2 saturated heterocycles. The number of rotatable bonds is 1. The van der Waals surface area contributed by atoms with Crippen molar-refractivity contribution in [1.82, 2.24) is 15.2 Å². The quantitative estimate of drug-likeness (QED) is 0.807. The smallest absolute Gasteiger partial charge is 0.272 e. The summed E-state index contributed by atoms with van der Waals surface area (Å²) < 4.78 is 0. The molecule has 0 aromatic carbocycles. The van der Waals surface area contributed by atoms with E-state index in [9.17, 15) is 4.79 Å². The molecule has 1 aromatic rings. The first-order valence-corrected chi connectivity index (χ1v) is 6.54. The average molecular weight is 245 g/mol. The molecule has 2 aliphatic heterocycles. The van der Waals surface area contributed by atoms with Gasteiger partial charge in [0.05, 0.1) is 0 Å². The predicted molar refractivity (Wildman–Crippen MR) is 69.2 cm³/mol. The van der Waals surface area contributed by atoms with Crippen LogP contribution in [0.25, 0.3) is 0 Å². The van der Waals surface area contributed by atoms with Gasteiger partial charge >= 0.3 is 0 Å². The van der Waals surface area contributed by atoms with Gasteiger partial charge in [-0.15, -0.1) is 0 Å². The molecular weight excluding hydrogens is 226 g/mol. The molecule has 4 heteroatoms. The summed E-state index contributed by atoms with van der Waals surface area (Å²) in [6.45, 7) is 7.24. The lowest BCUT2D eigenvalue weighted by Crippen LogP contribution is -2.47. The van der Waals surface area contributed by atoms with Crippen molar-refractivity contribution in [1.29, 1.82) is 0 Å². The van der Waals surface area contributed by atoms with E-state index in [0.717, 1.165) is 19.6 Å². The minimum atomic E-state index is -0.0806. The van der Waals surface area contributed by atoms with Crippen molar-refractivity contribution in [3.63, 3.8) is 0 Å². The van der Waals surface area contributed by atoms with Crippen molar-refractivity contribution in [2.45, 2.75) is 19.4 Å². The average Bonchev–Trinajstić information content (AvgIpc) is 2.92. The third kappa shape index (κ3) is 1.63. The van der Waals surface area contributed by atoms with E-state index >= 15 is 0 Å². The molecule has 1 amide bonds. The molecule has 0 saturated carbocycles. The van der Waals surface area contributed by atoms with E-state index in [0.29, 0.717) is 17.5 Å².